The first-order chi connectivity index (χ1) is 15.3. The average molecular weight is 436 g/mol. The maximum atomic E-state index is 12.4. The van der Waals surface area contributed by atoms with Crippen molar-refractivity contribution >= 4 is 11.6 Å². The van der Waals surface area contributed by atoms with E-state index in [1.54, 1.807) is 24.5 Å². The quantitative estimate of drug-likeness (QED) is 0.511. The second kappa shape index (κ2) is 8.09. The number of hydrogen-bond donors (Lipinski definition) is 2. The molecule has 32 heavy (non-hydrogen) atoms. The number of nitrogens with zero attached hydrogens (tertiary/aromatic N) is 2. The molecule has 5 heteroatoms. The van der Waals surface area contributed by atoms with Crippen molar-refractivity contribution in [2.45, 2.75) is 78.2 Å². The predicted octanol–water partition coefficient (Wildman–Crippen LogP) is 5.13. The number of carbonyl (C=O) groups is 1. The van der Waals surface area contributed by atoms with Gasteiger partial charge in [-0.15, -0.1) is 0 Å². The normalized spacial score (nSPS) is 41.2. The van der Waals surface area contributed by atoms with Crippen LogP contribution in [0.2, 0.25) is 0 Å². The average Bonchev–Trinajstić information content (AvgIpc) is 3.15. The van der Waals surface area contributed by atoms with Gasteiger partial charge in [-0.25, -0.2) is 5.43 Å². The zero-order valence-corrected chi connectivity index (χ0v) is 19.7. The summed E-state index contributed by atoms with van der Waals surface area (Å²) in [5, 5.41) is 14.8. The summed E-state index contributed by atoms with van der Waals surface area (Å²) in [5.41, 5.74) is 6.14. The fourth-order valence-corrected chi connectivity index (χ4v) is 8.13. The highest BCUT2D eigenvalue weighted by Gasteiger charge is 2.58. The van der Waals surface area contributed by atoms with E-state index in [9.17, 15) is 9.90 Å². The first kappa shape index (κ1) is 21.8. The van der Waals surface area contributed by atoms with Gasteiger partial charge >= 0.3 is 0 Å². The van der Waals surface area contributed by atoms with Crippen molar-refractivity contribution in [3.8, 4) is 0 Å². The van der Waals surface area contributed by atoms with E-state index in [4.69, 9.17) is 0 Å². The van der Waals surface area contributed by atoms with Crippen LogP contribution < -0.4 is 5.43 Å². The van der Waals surface area contributed by atoms with Crippen LogP contribution in [0.1, 0.15) is 82.5 Å². The summed E-state index contributed by atoms with van der Waals surface area (Å²) in [4.78, 5) is 16.4. The monoisotopic (exact) mass is 435 g/mol. The van der Waals surface area contributed by atoms with E-state index in [-0.39, 0.29) is 17.4 Å². The fraction of sp³-hybridized carbons (Fsp3) is 0.667. The molecule has 5 nitrogen and oxygen atoms in total. The highest BCUT2D eigenvalue weighted by molar-refractivity contribution is 6.01. The Morgan fingerprint density at radius 2 is 1.91 bits per heavy atom. The highest BCUT2D eigenvalue weighted by Crippen LogP contribution is 2.66. The third-order valence-electron chi connectivity index (χ3n) is 9.88. The maximum absolute atomic E-state index is 12.4. The summed E-state index contributed by atoms with van der Waals surface area (Å²) in [7, 11) is 0. The lowest BCUT2D eigenvalue weighted by Crippen LogP contribution is -2.53. The summed E-state index contributed by atoms with van der Waals surface area (Å²) in [6.07, 6.45) is 14.9. The fourth-order valence-electron chi connectivity index (χ4n) is 8.13. The minimum atomic E-state index is -0.193. The number of hydrogen-bond acceptors (Lipinski definition) is 4. The molecule has 4 aliphatic rings. The molecule has 0 unspecified atom stereocenters. The molecule has 0 saturated heterocycles. The van der Waals surface area contributed by atoms with Crippen LogP contribution in [0.4, 0.5) is 0 Å². The lowest BCUT2D eigenvalue weighted by molar-refractivity contribution is -0.117. The van der Waals surface area contributed by atoms with Crippen LogP contribution in [-0.4, -0.2) is 27.8 Å². The third kappa shape index (κ3) is 3.44. The molecule has 1 amide bonds. The molecular formula is C27H37N3O2. The van der Waals surface area contributed by atoms with Gasteiger partial charge in [0.2, 0.25) is 0 Å². The first-order valence-corrected chi connectivity index (χ1v) is 12.5. The van der Waals surface area contributed by atoms with E-state index in [0.717, 1.165) is 36.8 Å². The molecule has 3 saturated carbocycles. The molecule has 1 aromatic rings. The number of aliphatic hydroxyl groups is 1. The van der Waals surface area contributed by atoms with Gasteiger partial charge < -0.3 is 5.11 Å². The molecule has 1 aromatic heterocycles. The predicted molar refractivity (Wildman–Crippen MR) is 126 cm³/mol. The smallest absolute Gasteiger partial charge is 0.271 e. The van der Waals surface area contributed by atoms with Crippen molar-refractivity contribution in [3.05, 3.63) is 41.7 Å². The number of aliphatic hydroxyl groups excluding tert-OH is 1. The van der Waals surface area contributed by atoms with Crippen LogP contribution >= 0.6 is 0 Å². The van der Waals surface area contributed by atoms with Gasteiger partial charge in [0.25, 0.3) is 5.91 Å². The molecule has 1 heterocycles. The molecule has 0 radical (unpaired) electrons. The Hall–Kier alpha value is -2.01. The van der Waals surface area contributed by atoms with E-state index < -0.39 is 0 Å². The standard InChI is InChI=1S/C27H37N3O2/c1-17(29-30-25(32)18-10-14-28-15-11-18)22-6-7-23-21-5-4-19-16-20(31)8-12-26(19,2)24(21)9-13-27(22,23)3/h6,10-11,14-15,19-21,23-24,31H,4-5,7-9,12-13,16H2,1-3H3,(H,30,32)/b29-17-/t19-,20-,21-,23+,24-,26-,27+/m0/s1. The Morgan fingerprint density at radius 1 is 1.12 bits per heavy atom. The van der Waals surface area contributed by atoms with E-state index >= 15 is 0 Å². The number of allylic oxidation sites excluding steroid dienone is 2. The molecule has 172 valence electrons. The van der Waals surface area contributed by atoms with Crippen molar-refractivity contribution in [1.29, 1.82) is 0 Å². The van der Waals surface area contributed by atoms with Gasteiger partial charge in [-0.3, -0.25) is 9.78 Å². The number of fused-ring (bicyclic) bond motifs is 5. The summed E-state index contributed by atoms with van der Waals surface area (Å²) in [6.45, 7) is 7.02. The van der Waals surface area contributed by atoms with Gasteiger partial charge in [0.1, 0.15) is 0 Å². The second-order valence-electron chi connectivity index (χ2n) is 11.3. The lowest BCUT2D eigenvalue weighted by atomic mass is 9.44. The summed E-state index contributed by atoms with van der Waals surface area (Å²) in [5.74, 6) is 2.71. The number of pyridine rings is 1. The largest absolute Gasteiger partial charge is 0.393 e. The van der Waals surface area contributed by atoms with Crippen LogP contribution in [0.25, 0.3) is 0 Å². The van der Waals surface area contributed by atoms with Gasteiger partial charge in [-0.2, -0.15) is 5.10 Å². The number of rotatable bonds is 3. The van der Waals surface area contributed by atoms with Gasteiger partial charge in [-0.05, 0) is 110 Å². The molecule has 7 atom stereocenters. The number of carbonyl (C=O) groups excluding carboxylic acids is 1. The van der Waals surface area contributed by atoms with Gasteiger partial charge in [0.15, 0.2) is 0 Å². The topological polar surface area (TPSA) is 74.6 Å². The third-order valence-corrected chi connectivity index (χ3v) is 9.88. The Labute approximate surface area is 191 Å². The van der Waals surface area contributed by atoms with Crippen molar-refractivity contribution in [2.24, 2.45) is 39.6 Å². The van der Waals surface area contributed by atoms with Gasteiger partial charge in [0, 0.05) is 18.0 Å². The molecule has 5 rings (SSSR count). The molecule has 0 aromatic carbocycles. The van der Waals surface area contributed by atoms with Gasteiger partial charge in [0.05, 0.1) is 11.8 Å². The minimum Gasteiger partial charge on any atom is -0.393 e. The van der Waals surface area contributed by atoms with Crippen LogP contribution in [-0.2, 0) is 0 Å². The number of aromatic nitrogens is 1. The van der Waals surface area contributed by atoms with E-state index in [1.165, 1.54) is 37.7 Å². The SMILES string of the molecule is C/C(=N/NC(=O)c1ccncc1)C1=CC[C@@H]2[C@@H]3CC[C@H]4C[C@@H](O)CC[C@]4(C)[C@H]3CC[C@]12C. The summed E-state index contributed by atoms with van der Waals surface area (Å²) in [6, 6.07) is 3.41. The van der Waals surface area contributed by atoms with Gasteiger partial charge in [-0.1, -0.05) is 19.9 Å². The Balaban J connectivity index is 1.32. The molecule has 2 N–H and O–H groups in total. The zero-order valence-electron chi connectivity index (χ0n) is 19.7. The summed E-state index contributed by atoms with van der Waals surface area (Å²) >= 11 is 0. The van der Waals surface area contributed by atoms with Crippen molar-refractivity contribution in [1.82, 2.24) is 10.4 Å². The van der Waals surface area contributed by atoms with E-state index in [0.29, 0.717) is 22.8 Å². The zero-order chi connectivity index (χ0) is 22.5. The van der Waals surface area contributed by atoms with Crippen LogP contribution in [0.3, 0.4) is 0 Å². The van der Waals surface area contributed by atoms with E-state index in [1.807, 2.05) is 6.92 Å². The molecule has 0 spiro atoms. The molecular weight excluding hydrogens is 398 g/mol. The molecule has 0 aliphatic heterocycles. The highest BCUT2D eigenvalue weighted by atomic mass is 16.3. The Kier molecular flexibility index (Phi) is 5.51. The van der Waals surface area contributed by atoms with Crippen molar-refractivity contribution in [3.63, 3.8) is 0 Å². The number of hydrazone groups is 1. The molecule has 0 bridgehead atoms. The Morgan fingerprint density at radius 3 is 2.69 bits per heavy atom. The second-order valence-corrected chi connectivity index (χ2v) is 11.3. The van der Waals surface area contributed by atoms with Crippen molar-refractivity contribution in [2.75, 3.05) is 0 Å². The van der Waals surface area contributed by atoms with Crippen LogP contribution in [0.5, 0.6) is 0 Å². The number of amides is 1. The lowest BCUT2D eigenvalue weighted by Gasteiger charge is -2.60. The minimum absolute atomic E-state index is 0.0838. The van der Waals surface area contributed by atoms with E-state index in [2.05, 4.69) is 35.4 Å². The number of nitrogens with one attached hydrogen (secondary N) is 1. The summed E-state index contributed by atoms with van der Waals surface area (Å²) < 4.78 is 0. The van der Waals surface area contributed by atoms with Crippen molar-refractivity contribution < 1.29 is 9.90 Å². The van der Waals surface area contributed by atoms with Crippen LogP contribution in [0.15, 0.2) is 41.3 Å². The first-order valence-electron chi connectivity index (χ1n) is 12.5. The molecule has 4 aliphatic carbocycles. The maximum Gasteiger partial charge on any atom is 0.271 e. The molecule has 3 fully saturated rings. The van der Waals surface area contributed by atoms with Crippen LogP contribution in [0, 0.1) is 34.5 Å². The Bertz CT molecular complexity index is 941.